The van der Waals surface area contributed by atoms with Gasteiger partial charge in [0.1, 0.15) is 0 Å². The zero-order chi connectivity index (χ0) is 11.0. The SMILES string of the molecule is COc1ccc(C2=CN3CCC2CC3)cn1. The highest BCUT2D eigenvalue weighted by Gasteiger charge is 2.27. The van der Waals surface area contributed by atoms with E-state index in [-0.39, 0.29) is 0 Å². The Morgan fingerprint density at radius 1 is 1.31 bits per heavy atom. The molecule has 1 aromatic rings. The van der Waals surface area contributed by atoms with Crippen LogP contribution in [-0.2, 0) is 0 Å². The highest BCUT2D eigenvalue weighted by atomic mass is 16.5. The first-order valence-electron chi connectivity index (χ1n) is 5.83. The molecule has 4 rings (SSSR count). The summed E-state index contributed by atoms with van der Waals surface area (Å²) in [6.45, 7) is 2.44. The van der Waals surface area contributed by atoms with Gasteiger partial charge in [-0.25, -0.2) is 4.98 Å². The third-order valence-electron chi connectivity index (χ3n) is 3.57. The van der Waals surface area contributed by atoms with Crippen LogP contribution in [-0.4, -0.2) is 30.1 Å². The molecule has 1 fully saturated rings. The van der Waals surface area contributed by atoms with Gasteiger partial charge in [-0.05, 0) is 36.0 Å². The number of pyridine rings is 1. The van der Waals surface area contributed by atoms with Crippen LogP contribution in [0.3, 0.4) is 0 Å². The first-order chi connectivity index (χ1) is 7.86. The van der Waals surface area contributed by atoms with E-state index >= 15 is 0 Å². The Labute approximate surface area is 95.7 Å². The zero-order valence-electron chi connectivity index (χ0n) is 9.52. The van der Waals surface area contributed by atoms with Crippen LogP contribution in [0.5, 0.6) is 5.88 Å². The first-order valence-corrected chi connectivity index (χ1v) is 5.83. The predicted octanol–water partition coefficient (Wildman–Crippen LogP) is 2.16. The van der Waals surface area contributed by atoms with Crippen LogP contribution in [0.1, 0.15) is 18.4 Å². The van der Waals surface area contributed by atoms with Crippen LogP contribution < -0.4 is 4.74 Å². The molecule has 0 spiro atoms. The molecule has 0 N–H and O–H groups in total. The fourth-order valence-corrected chi connectivity index (χ4v) is 2.62. The molecule has 0 atom stereocenters. The summed E-state index contributed by atoms with van der Waals surface area (Å²) in [5.41, 5.74) is 2.70. The Morgan fingerprint density at radius 3 is 2.62 bits per heavy atom. The van der Waals surface area contributed by atoms with Crippen LogP contribution in [0.15, 0.2) is 24.5 Å². The second-order valence-corrected chi connectivity index (χ2v) is 4.48. The molecule has 0 aromatic carbocycles. The molecule has 3 heteroatoms. The predicted molar refractivity (Wildman–Crippen MR) is 63.1 cm³/mol. The molecule has 16 heavy (non-hydrogen) atoms. The van der Waals surface area contributed by atoms with Gasteiger partial charge in [-0.1, -0.05) is 0 Å². The quantitative estimate of drug-likeness (QED) is 0.757. The van der Waals surface area contributed by atoms with Crippen molar-refractivity contribution in [2.24, 2.45) is 5.92 Å². The van der Waals surface area contributed by atoms with Crippen LogP contribution in [0.25, 0.3) is 5.57 Å². The highest BCUT2D eigenvalue weighted by molar-refractivity contribution is 5.68. The fourth-order valence-electron chi connectivity index (χ4n) is 2.62. The number of aromatic nitrogens is 1. The van der Waals surface area contributed by atoms with E-state index in [1.807, 2.05) is 12.3 Å². The van der Waals surface area contributed by atoms with E-state index in [4.69, 9.17) is 4.74 Å². The second-order valence-electron chi connectivity index (χ2n) is 4.48. The summed E-state index contributed by atoms with van der Waals surface area (Å²) in [6, 6.07) is 4.05. The molecule has 0 saturated carbocycles. The number of piperidine rings is 1. The van der Waals surface area contributed by atoms with Gasteiger partial charge in [0.15, 0.2) is 0 Å². The van der Waals surface area contributed by atoms with E-state index in [9.17, 15) is 0 Å². The fraction of sp³-hybridized carbons (Fsp3) is 0.462. The average Bonchev–Trinajstić information content (AvgIpc) is 2.40. The van der Waals surface area contributed by atoms with Gasteiger partial charge in [0.2, 0.25) is 5.88 Å². The van der Waals surface area contributed by atoms with Crippen molar-refractivity contribution in [3.8, 4) is 5.88 Å². The molecule has 1 saturated heterocycles. The number of hydrogen-bond donors (Lipinski definition) is 0. The Morgan fingerprint density at radius 2 is 2.12 bits per heavy atom. The number of hydrogen-bond acceptors (Lipinski definition) is 3. The van der Waals surface area contributed by atoms with Crippen molar-refractivity contribution in [1.29, 1.82) is 0 Å². The van der Waals surface area contributed by atoms with Crippen LogP contribution >= 0.6 is 0 Å². The standard InChI is InChI=1S/C13H16N2O/c1-16-13-3-2-11(8-14-13)12-9-15-6-4-10(12)5-7-15/h2-3,8-10H,4-7H2,1H3. The summed E-state index contributed by atoms with van der Waals surface area (Å²) in [4.78, 5) is 6.69. The normalized spacial score (nSPS) is 19.8. The van der Waals surface area contributed by atoms with Gasteiger partial charge in [-0.2, -0.15) is 0 Å². The number of rotatable bonds is 2. The van der Waals surface area contributed by atoms with Gasteiger partial charge in [-0.3, -0.25) is 0 Å². The first kappa shape index (κ1) is 9.70. The molecule has 3 nitrogen and oxygen atoms in total. The number of fused-ring (bicyclic) bond motifs is 2. The Balaban J connectivity index is 1.91. The maximum absolute atomic E-state index is 5.08. The topological polar surface area (TPSA) is 25.4 Å². The van der Waals surface area contributed by atoms with E-state index in [0.29, 0.717) is 5.88 Å². The van der Waals surface area contributed by atoms with Gasteiger partial charge in [-0.15, -0.1) is 0 Å². The minimum Gasteiger partial charge on any atom is -0.481 e. The molecule has 84 valence electrons. The smallest absolute Gasteiger partial charge is 0.212 e. The number of methoxy groups -OCH3 is 1. The van der Waals surface area contributed by atoms with Crippen molar-refractivity contribution < 1.29 is 4.74 Å². The minimum atomic E-state index is 0.686. The van der Waals surface area contributed by atoms with Crippen LogP contribution in [0.4, 0.5) is 0 Å². The Hall–Kier alpha value is -1.51. The van der Waals surface area contributed by atoms with Gasteiger partial charge in [0, 0.05) is 31.6 Å². The van der Waals surface area contributed by atoms with Crippen molar-refractivity contribution in [2.45, 2.75) is 12.8 Å². The number of allylic oxidation sites excluding steroid dienone is 1. The van der Waals surface area contributed by atoms with Crippen molar-refractivity contribution >= 4 is 5.57 Å². The Bertz CT molecular complexity index is 402. The Kier molecular flexibility index (Phi) is 2.31. The largest absolute Gasteiger partial charge is 0.481 e. The summed E-state index contributed by atoms with van der Waals surface area (Å²) in [5, 5.41) is 0. The summed E-state index contributed by atoms with van der Waals surface area (Å²) < 4.78 is 5.08. The molecule has 0 amide bonds. The lowest BCUT2D eigenvalue weighted by Gasteiger charge is -2.39. The third-order valence-corrected chi connectivity index (χ3v) is 3.57. The molecular formula is C13H16N2O. The molecule has 3 aliphatic rings. The van der Waals surface area contributed by atoms with Crippen molar-refractivity contribution in [3.05, 3.63) is 30.1 Å². The highest BCUT2D eigenvalue weighted by Crippen LogP contribution is 2.37. The van der Waals surface area contributed by atoms with Gasteiger partial charge < -0.3 is 9.64 Å². The molecule has 0 aliphatic carbocycles. The van der Waals surface area contributed by atoms with E-state index in [2.05, 4.69) is 22.2 Å². The zero-order valence-corrected chi connectivity index (χ0v) is 9.52. The molecule has 4 heterocycles. The van der Waals surface area contributed by atoms with Crippen molar-refractivity contribution in [1.82, 2.24) is 9.88 Å². The van der Waals surface area contributed by atoms with Gasteiger partial charge in [0.05, 0.1) is 7.11 Å². The van der Waals surface area contributed by atoms with E-state index in [1.165, 1.54) is 37.1 Å². The number of nitrogens with zero attached hydrogens (tertiary/aromatic N) is 2. The lowest BCUT2D eigenvalue weighted by Crippen LogP contribution is -2.35. The maximum atomic E-state index is 5.08. The molecule has 3 aliphatic heterocycles. The second kappa shape index (κ2) is 3.81. The lowest BCUT2D eigenvalue weighted by atomic mass is 9.83. The van der Waals surface area contributed by atoms with E-state index in [1.54, 1.807) is 7.11 Å². The molecule has 0 unspecified atom stereocenters. The molecule has 2 bridgehead atoms. The van der Waals surface area contributed by atoms with Crippen LogP contribution in [0, 0.1) is 5.92 Å². The van der Waals surface area contributed by atoms with E-state index < -0.39 is 0 Å². The van der Waals surface area contributed by atoms with Crippen molar-refractivity contribution in [2.75, 3.05) is 20.2 Å². The molecule has 1 aromatic heterocycles. The number of ether oxygens (including phenoxy) is 1. The average molecular weight is 216 g/mol. The summed E-state index contributed by atoms with van der Waals surface area (Å²) in [5.74, 6) is 1.42. The molecule has 0 radical (unpaired) electrons. The molecular weight excluding hydrogens is 200 g/mol. The van der Waals surface area contributed by atoms with Crippen molar-refractivity contribution in [3.63, 3.8) is 0 Å². The lowest BCUT2D eigenvalue weighted by molar-refractivity contribution is 0.252. The van der Waals surface area contributed by atoms with E-state index in [0.717, 1.165) is 5.92 Å². The summed E-state index contributed by atoms with van der Waals surface area (Å²) in [6.07, 6.45) is 6.81. The third kappa shape index (κ3) is 1.56. The van der Waals surface area contributed by atoms with Gasteiger partial charge in [0.25, 0.3) is 0 Å². The minimum absolute atomic E-state index is 0.686. The summed E-state index contributed by atoms with van der Waals surface area (Å²) in [7, 11) is 1.65. The monoisotopic (exact) mass is 216 g/mol. The maximum Gasteiger partial charge on any atom is 0.212 e. The van der Waals surface area contributed by atoms with Crippen LogP contribution in [0.2, 0.25) is 0 Å². The summed E-state index contributed by atoms with van der Waals surface area (Å²) >= 11 is 0. The van der Waals surface area contributed by atoms with Gasteiger partial charge >= 0.3 is 0 Å².